The molecule has 0 aliphatic rings. The highest BCUT2D eigenvalue weighted by Gasteiger charge is 1.94. The van der Waals surface area contributed by atoms with Gasteiger partial charge in [0.1, 0.15) is 0 Å². The summed E-state index contributed by atoms with van der Waals surface area (Å²) in [6, 6.07) is 0. The highest BCUT2D eigenvalue weighted by molar-refractivity contribution is 5.16. The van der Waals surface area contributed by atoms with Crippen molar-refractivity contribution in [3.05, 3.63) is 11.4 Å². The summed E-state index contributed by atoms with van der Waals surface area (Å²) < 4.78 is 0. The summed E-state index contributed by atoms with van der Waals surface area (Å²) in [7, 11) is 0. The third kappa shape index (κ3) is 2.93. The molecule has 1 aromatic rings. The monoisotopic (exact) mass is 154 g/mol. The van der Waals surface area contributed by atoms with E-state index in [9.17, 15) is 0 Å². The summed E-state index contributed by atoms with van der Waals surface area (Å²) in [5.41, 5.74) is 6.90. The number of nitrogens with two attached hydrogens (primary N) is 1. The van der Waals surface area contributed by atoms with Crippen LogP contribution in [0.4, 0.5) is 5.95 Å². The largest absolute Gasteiger partial charge is 0.366 e. The molecule has 0 aromatic carbocycles. The SMILES string of the molecule is CC.Cc1nnc(N)nc1C. The van der Waals surface area contributed by atoms with Crippen LogP contribution in [0.25, 0.3) is 0 Å². The predicted molar refractivity (Wildman–Crippen MR) is 45.1 cm³/mol. The van der Waals surface area contributed by atoms with Gasteiger partial charge in [0.15, 0.2) is 0 Å². The molecule has 4 heteroatoms. The van der Waals surface area contributed by atoms with Crippen LogP contribution < -0.4 is 5.73 Å². The van der Waals surface area contributed by atoms with Gasteiger partial charge >= 0.3 is 0 Å². The minimum Gasteiger partial charge on any atom is -0.366 e. The Morgan fingerprint density at radius 1 is 1.00 bits per heavy atom. The lowest BCUT2D eigenvalue weighted by molar-refractivity contribution is 0.909. The Morgan fingerprint density at radius 2 is 1.55 bits per heavy atom. The molecule has 62 valence electrons. The molecule has 0 aliphatic heterocycles. The predicted octanol–water partition coefficient (Wildman–Crippen LogP) is 1.10. The summed E-state index contributed by atoms with van der Waals surface area (Å²) >= 11 is 0. The van der Waals surface area contributed by atoms with Gasteiger partial charge < -0.3 is 5.73 Å². The molecule has 0 radical (unpaired) electrons. The van der Waals surface area contributed by atoms with E-state index < -0.39 is 0 Å². The van der Waals surface area contributed by atoms with E-state index in [-0.39, 0.29) is 5.95 Å². The molecule has 11 heavy (non-hydrogen) atoms. The van der Waals surface area contributed by atoms with E-state index in [1.807, 2.05) is 27.7 Å². The number of aromatic nitrogens is 3. The second kappa shape index (κ2) is 4.60. The summed E-state index contributed by atoms with van der Waals surface area (Å²) in [6.07, 6.45) is 0. The van der Waals surface area contributed by atoms with Gasteiger partial charge in [0.25, 0.3) is 0 Å². The van der Waals surface area contributed by atoms with Gasteiger partial charge in [-0.1, -0.05) is 13.8 Å². The normalized spacial score (nSPS) is 8.36. The van der Waals surface area contributed by atoms with Crippen molar-refractivity contribution >= 4 is 5.95 Å². The lowest BCUT2D eigenvalue weighted by Crippen LogP contribution is -2.01. The number of aryl methyl sites for hydroxylation is 2. The zero-order valence-corrected chi connectivity index (χ0v) is 7.42. The molecule has 0 bridgehead atoms. The van der Waals surface area contributed by atoms with Crippen LogP contribution in [0.2, 0.25) is 0 Å². The van der Waals surface area contributed by atoms with Gasteiger partial charge in [0.2, 0.25) is 5.95 Å². The van der Waals surface area contributed by atoms with E-state index in [2.05, 4.69) is 15.2 Å². The molecule has 0 fully saturated rings. The first-order valence-electron chi connectivity index (χ1n) is 3.63. The molecule has 1 heterocycles. The summed E-state index contributed by atoms with van der Waals surface area (Å²) in [6.45, 7) is 7.69. The highest BCUT2D eigenvalue weighted by atomic mass is 15.2. The van der Waals surface area contributed by atoms with Crippen LogP contribution in [-0.2, 0) is 0 Å². The van der Waals surface area contributed by atoms with E-state index in [1.165, 1.54) is 0 Å². The van der Waals surface area contributed by atoms with Crippen molar-refractivity contribution in [2.45, 2.75) is 27.7 Å². The number of rotatable bonds is 0. The topological polar surface area (TPSA) is 64.7 Å². The molecule has 4 nitrogen and oxygen atoms in total. The second-order valence-corrected chi connectivity index (χ2v) is 1.84. The Bertz CT molecular complexity index is 222. The Hall–Kier alpha value is -1.19. The van der Waals surface area contributed by atoms with Crippen LogP contribution >= 0.6 is 0 Å². The van der Waals surface area contributed by atoms with Crippen molar-refractivity contribution in [1.29, 1.82) is 0 Å². The standard InChI is InChI=1S/C5H8N4.C2H6/c1-3-4(2)8-9-5(6)7-3;1-2/h1-2H3,(H2,6,7,9);1-2H3. The Balaban J connectivity index is 0.000000461. The minimum absolute atomic E-state index is 0.234. The van der Waals surface area contributed by atoms with Crippen molar-refractivity contribution in [3.8, 4) is 0 Å². The van der Waals surface area contributed by atoms with E-state index in [1.54, 1.807) is 0 Å². The lowest BCUT2D eigenvalue weighted by atomic mass is 10.4. The van der Waals surface area contributed by atoms with E-state index in [0.29, 0.717) is 0 Å². The van der Waals surface area contributed by atoms with Gasteiger partial charge in [-0.2, -0.15) is 5.10 Å². The van der Waals surface area contributed by atoms with Crippen LogP contribution in [0.15, 0.2) is 0 Å². The average Bonchev–Trinajstić information content (AvgIpc) is 2.02. The average molecular weight is 154 g/mol. The quantitative estimate of drug-likeness (QED) is 0.607. The molecular formula is C7H14N4. The van der Waals surface area contributed by atoms with Crippen LogP contribution in [0.3, 0.4) is 0 Å². The second-order valence-electron chi connectivity index (χ2n) is 1.84. The molecule has 0 aliphatic carbocycles. The molecule has 0 unspecified atom stereocenters. The van der Waals surface area contributed by atoms with Crippen molar-refractivity contribution in [1.82, 2.24) is 15.2 Å². The summed E-state index contributed by atoms with van der Waals surface area (Å²) in [4.78, 5) is 3.88. The van der Waals surface area contributed by atoms with E-state index >= 15 is 0 Å². The Morgan fingerprint density at radius 3 is 1.91 bits per heavy atom. The number of hydrogen-bond donors (Lipinski definition) is 1. The number of anilines is 1. The summed E-state index contributed by atoms with van der Waals surface area (Å²) in [5, 5.41) is 7.30. The molecule has 1 aromatic heterocycles. The highest BCUT2D eigenvalue weighted by Crippen LogP contribution is 1.96. The molecule has 0 saturated heterocycles. The van der Waals surface area contributed by atoms with Crippen molar-refractivity contribution in [2.75, 3.05) is 5.73 Å². The van der Waals surface area contributed by atoms with Gasteiger partial charge in [-0.15, -0.1) is 5.10 Å². The molecule has 0 amide bonds. The number of nitrogens with zero attached hydrogens (tertiary/aromatic N) is 3. The maximum atomic E-state index is 5.24. The third-order valence-corrected chi connectivity index (χ3v) is 1.11. The first-order chi connectivity index (χ1) is 5.20. The van der Waals surface area contributed by atoms with Gasteiger partial charge in [0.05, 0.1) is 11.4 Å². The fourth-order valence-corrected chi connectivity index (χ4v) is 0.474. The van der Waals surface area contributed by atoms with Crippen molar-refractivity contribution < 1.29 is 0 Å². The smallest absolute Gasteiger partial charge is 0.240 e. The first kappa shape index (κ1) is 9.81. The van der Waals surface area contributed by atoms with Gasteiger partial charge in [0, 0.05) is 0 Å². The zero-order chi connectivity index (χ0) is 8.85. The fraction of sp³-hybridized carbons (Fsp3) is 0.571. The zero-order valence-electron chi connectivity index (χ0n) is 7.42. The molecule has 0 spiro atoms. The lowest BCUT2D eigenvalue weighted by Gasteiger charge is -1.94. The maximum absolute atomic E-state index is 5.24. The van der Waals surface area contributed by atoms with Gasteiger partial charge in [-0.05, 0) is 13.8 Å². The molecule has 2 N–H and O–H groups in total. The first-order valence-corrected chi connectivity index (χ1v) is 3.63. The van der Waals surface area contributed by atoms with Gasteiger partial charge in [-0.25, -0.2) is 4.98 Å². The maximum Gasteiger partial charge on any atom is 0.240 e. The minimum atomic E-state index is 0.234. The Labute approximate surface area is 66.9 Å². The molecular weight excluding hydrogens is 140 g/mol. The number of nitrogen functional groups attached to an aromatic ring is 1. The van der Waals surface area contributed by atoms with E-state index in [4.69, 9.17) is 5.73 Å². The third-order valence-electron chi connectivity index (χ3n) is 1.11. The van der Waals surface area contributed by atoms with Crippen molar-refractivity contribution in [3.63, 3.8) is 0 Å². The Kier molecular flexibility index (Phi) is 4.10. The summed E-state index contributed by atoms with van der Waals surface area (Å²) in [5.74, 6) is 0.234. The fourth-order valence-electron chi connectivity index (χ4n) is 0.474. The van der Waals surface area contributed by atoms with Crippen LogP contribution in [0.5, 0.6) is 0 Å². The number of hydrogen-bond acceptors (Lipinski definition) is 4. The molecule has 0 saturated carbocycles. The van der Waals surface area contributed by atoms with Crippen LogP contribution in [-0.4, -0.2) is 15.2 Å². The van der Waals surface area contributed by atoms with Crippen LogP contribution in [0.1, 0.15) is 25.2 Å². The van der Waals surface area contributed by atoms with Gasteiger partial charge in [-0.3, -0.25) is 0 Å². The molecule has 0 atom stereocenters. The van der Waals surface area contributed by atoms with Crippen molar-refractivity contribution in [2.24, 2.45) is 0 Å². The molecule has 1 rings (SSSR count). The van der Waals surface area contributed by atoms with E-state index in [0.717, 1.165) is 11.4 Å². The van der Waals surface area contributed by atoms with Crippen LogP contribution in [0, 0.1) is 13.8 Å².